The topological polar surface area (TPSA) is 0 Å². The van der Waals surface area contributed by atoms with Crippen molar-refractivity contribution in [3.63, 3.8) is 0 Å². The van der Waals surface area contributed by atoms with E-state index in [-0.39, 0.29) is 0 Å². The maximum Gasteiger partial charge on any atom is -0.0355 e. The summed E-state index contributed by atoms with van der Waals surface area (Å²) in [6.45, 7) is 2.47. The second-order valence-electron chi connectivity index (χ2n) is 7.07. The largest absolute Gasteiger partial charge is 0.0651 e. The molecule has 3 fully saturated rings. The van der Waals surface area contributed by atoms with E-state index in [4.69, 9.17) is 0 Å². The summed E-state index contributed by atoms with van der Waals surface area (Å²) in [6, 6.07) is 0. The van der Waals surface area contributed by atoms with Crippen LogP contribution in [0.5, 0.6) is 0 Å². The molecule has 17 heavy (non-hydrogen) atoms. The fourth-order valence-corrected chi connectivity index (χ4v) is 5.68. The molecule has 0 heterocycles. The molecule has 0 N–H and O–H groups in total. The van der Waals surface area contributed by atoms with Gasteiger partial charge in [-0.3, -0.25) is 0 Å². The van der Waals surface area contributed by atoms with E-state index in [2.05, 4.69) is 6.92 Å². The summed E-state index contributed by atoms with van der Waals surface area (Å²) >= 11 is 0. The maximum absolute atomic E-state index is 2.47. The molecule has 98 valence electrons. The minimum absolute atomic E-state index is 1.11. The van der Waals surface area contributed by atoms with Crippen molar-refractivity contribution in [3.8, 4) is 0 Å². The normalized spacial score (nSPS) is 43.6. The Morgan fingerprint density at radius 1 is 0.647 bits per heavy atom. The lowest BCUT2D eigenvalue weighted by atomic mass is 9.61. The predicted molar refractivity (Wildman–Crippen MR) is 73.9 cm³/mol. The molecule has 0 radical (unpaired) electrons. The highest BCUT2D eigenvalue weighted by Crippen LogP contribution is 2.52. The van der Waals surface area contributed by atoms with E-state index in [0.717, 1.165) is 29.6 Å². The van der Waals surface area contributed by atoms with Crippen molar-refractivity contribution in [2.75, 3.05) is 0 Å². The Balaban J connectivity index is 1.70. The number of hydrogen-bond acceptors (Lipinski definition) is 0. The monoisotopic (exact) mass is 234 g/mol. The van der Waals surface area contributed by atoms with Crippen LogP contribution in [0.25, 0.3) is 0 Å². The Labute approximate surface area is 108 Å². The summed E-state index contributed by atoms with van der Waals surface area (Å²) in [5.41, 5.74) is 0. The quantitative estimate of drug-likeness (QED) is 0.598. The minimum Gasteiger partial charge on any atom is -0.0651 e. The molecule has 0 spiro atoms. The van der Waals surface area contributed by atoms with E-state index in [1.807, 2.05) is 0 Å². The van der Waals surface area contributed by atoms with E-state index < -0.39 is 0 Å². The van der Waals surface area contributed by atoms with Crippen LogP contribution >= 0.6 is 0 Å². The first kappa shape index (κ1) is 12.1. The predicted octanol–water partition coefficient (Wildman–Crippen LogP) is 5.42. The standard InChI is InChI=1S/C17H30/c1-2-15-16-10-6-9-14(16)11-12-17(15)13-7-4-3-5-8-13/h13-17H,2-12H2,1H3. The zero-order valence-corrected chi connectivity index (χ0v) is 11.7. The van der Waals surface area contributed by atoms with E-state index in [1.165, 1.54) is 25.7 Å². The second kappa shape index (κ2) is 5.33. The Hall–Kier alpha value is 0. The van der Waals surface area contributed by atoms with Crippen LogP contribution in [0.1, 0.15) is 77.6 Å². The molecule has 0 heteroatoms. The lowest BCUT2D eigenvalue weighted by Gasteiger charge is -2.44. The molecule has 0 saturated heterocycles. The summed E-state index contributed by atoms with van der Waals surface area (Å²) < 4.78 is 0. The zero-order chi connectivity index (χ0) is 11.7. The molecule has 0 aromatic rings. The van der Waals surface area contributed by atoms with Crippen LogP contribution in [0.3, 0.4) is 0 Å². The SMILES string of the molecule is CCC1C2CCCC2CCC1C1CCCCC1. The average molecular weight is 234 g/mol. The van der Waals surface area contributed by atoms with Gasteiger partial charge in [-0.05, 0) is 48.9 Å². The van der Waals surface area contributed by atoms with Gasteiger partial charge in [-0.15, -0.1) is 0 Å². The number of hydrogen-bond donors (Lipinski definition) is 0. The smallest absolute Gasteiger partial charge is 0.0355 e. The van der Waals surface area contributed by atoms with Crippen LogP contribution in [-0.4, -0.2) is 0 Å². The van der Waals surface area contributed by atoms with Gasteiger partial charge in [0, 0.05) is 0 Å². The van der Waals surface area contributed by atoms with Crippen molar-refractivity contribution in [2.45, 2.75) is 77.6 Å². The van der Waals surface area contributed by atoms with Crippen molar-refractivity contribution in [1.82, 2.24) is 0 Å². The first-order chi connectivity index (χ1) is 8.40. The van der Waals surface area contributed by atoms with E-state index >= 15 is 0 Å². The third-order valence-electron chi connectivity index (χ3n) is 6.42. The number of rotatable bonds is 2. The Bertz CT molecular complexity index is 238. The van der Waals surface area contributed by atoms with Crippen LogP contribution < -0.4 is 0 Å². The molecular weight excluding hydrogens is 204 g/mol. The summed E-state index contributed by atoms with van der Waals surface area (Å²) in [4.78, 5) is 0. The molecule has 4 atom stereocenters. The third-order valence-corrected chi connectivity index (χ3v) is 6.42. The first-order valence-electron chi connectivity index (χ1n) is 8.40. The highest BCUT2D eigenvalue weighted by atomic mass is 14.5. The van der Waals surface area contributed by atoms with Crippen molar-refractivity contribution < 1.29 is 0 Å². The third kappa shape index (κ3) is 2.29. The van der Waals surface area contributed by atoms with Crippen molar-refractivity contribution in [3.05, 3.63) is 0 Å². The second-order valence-corrected chi connectivity index (χ2v) is 7.07. The first-order valence-corrected chi connectivity index (χ1v) is 8.40. The summed E-state index contributed by atoms with van der Waals surface area (Å²) in [5.74, 6) is 5.63. The summed E-state index contributed by atoms with van der Waals surface area (Å²) in [7, 11) is 0. The highest BCUT2D eigenvalue weighted by Gasteiger charge is 2.43. The molecule has 3 rings (SSSR count). The molecule has 0 aliphatic heterocycles. The van der Waals surface area contributed by atoms with E-state index in [1.54, 1.807) is 44.9 Å². The van der Waals surface area contributed by atoms with Gasteiger partial charge in [0.05, 0.1) is 0 Å². The Morgan fingerprint density at radius 3 is 2.06 bits per heavy atom. The van der Waals surface area contributed by atoms with Gasteiger partial charge >= 0.3 is 0 Å². The van der Waals surface area contributed by atoms with Crippen LogP contribution in [0.4, 0.5) is 0 Å². The average Bonchev–Trinajstić information content (AvgIpc) is 2.86. The fraction of sp³-hybridized carbons (Fsp3) is 1.00. The van der Waals surface area contributed by atoms with Crippen LogP contribution in [0.2, 0.25) is 0 Å². The van der Waals surface area contributed by atoms with Gasteiger partial charge in [0.1, 0.15) is 0 Å². The summed E-state index contributed by atoms with van der Waals surface area (Å²) in [6.07, 6.45) is 17.1. The van der Waals surface area contributed by atoms with E-state index in [9.17, 15) is 0 Å². The van der Waals surface area contributed by atoms with Crippen LogP contribution in [0.15, 0.2) is 0 Å². The Kier molecular flexibility index (Phi) is 3.78. The fourth-order valence-electron chi connectivity index (χ4n) is 5.68. The molecule has 3 saturated carbocycles. The lowest BCUT2D eigenvalue weighted by molar-refractivity contribution is 0.0515. The molecule has 4 unspecified atom stereocenters. The Morgan fingerprint density at radius 2 is 1.29 bits per heavy atom. The molecule has 3 aliphatic carbocycles. The van der Waals surface area contributed by atoms with Gasteiger partial charge in [0.2, 0.25) is 0 Å². The molecule has 0 nitrogen and oxygen atoms in total. The molecule has 0 bridgehead atoms. The molecular formula is C17H30. The molecule has 0 aromatic heterocycles. The lowest BCUT2D eigenvalue weighted by Crippen LogP contribution is -2.36. The minimum atomic E-state index is 1.11. The highest BCUT2D eigenvalue weighted by molar-refractivity contribution is 4.93. The molecule has 3 aliphatic rings. The van der Waals surface area contributed by atoms with Gasteiger partial charge in [-0.2, -0.15) is 0 Å². The molecule has 0 aromatic carbocycles. The summed E-state index contributed by atoms with van der Waals surface area (Å²) in [5, 5.41) is 0. The van der Waals surface area contributed by atoms with Crippen molar-refractivity contribution in [2.24, 2.45) is 29.6 Å². The van der Waals surface area contributed by atoms with Crippen molar-refractivity contribution >= 4 is 0 Å². The van der Waals surface area contributed by atoms with Gasteiger partial charge in [0.15, 0.2) is 0 Å². The van der Waals surface area contributed by atoms with Gasteiger partial charge < -0.3 is 0 Å². The zero-order valence-electron chi connectivity index (χ0n) is 11.7. The van der Waals surface area contributed by atoms with Crippen molar-refractivity contribution in [1.29, 1.82) is 0 Å². The van der Waals surface area contributed by atoms with E-state index in [0.29, 0.717) is 0 Å². The van der Waals surface area contributed by atoms with Gasteiger partial charge in [-0.25, -0.2) is 0 Å². The van der Waals surface area contributed by atoms with Gasteiger partial charge in [-0.1, -0.05) is 58.3 Å². The number of fused-ring (bicyclic) bond motifs is 1. The van der Waals surface area contributed by atoms with Crippen LogP contribution in [0, 0.1) is 29.6 Å². The van der Waals surface area contributed by atoms with Gasteiger partial charge in [0.25, 0.3) is 0 Å². The molecule has 0 amide bonds. The maximum atomic E-state index is 2.47. The van der Waals surface area contributed by atoms with Crippen LogP contribution in [-0.2, 0) is 0 Å².